The van der Waals surface area contributed by atoms with Crippen LogP contribution in [0.15, 0.2) is 103 Å². The summed E-state index contributed by atoms with van der Waals surface area (Å²) >= 11 is 6.08. The van der Waals surface area contributed by atoms with E-state index >= 15 is 0 Å². The molecule has 0 aliphatic carbocycles. The van der Waals surface area contributed by atoms with Crippen LogP contribution >= 0.6 is 11.6 Å². The summed E-state index contributed by atoms with van der Waals surface area (Å²) in [6.07, 6.45) is 0. The number of hydrogen-bond acceptors (Lipinski definition) is 5. The Morgan fingerprint density at radius 2 is 1.37 bits per heavy atom. The van der Waals surface area contributed by atoms with E-state index in [4.69, 9.17) is 21.1 Å². The molecule has 0 spiro atoms. The van der Waals surface area contributed by atoms with Crippen molar-refractivity contribution in [2.24, 2.45) is 0 Å². The van der Waals surface area contributed by atoms with Crippen molar-refractivity contribution >= 4 is 34.9 Å². The van der Waals surface area contributed by atoms with Crippen LogP contribution in [-0.2, 0) is 9.53 Å². The summed E-state index contributed by atoms with van der Waals surface area (Å²) in [4.78, 5) is 38.1. The molecule has 0 aliphatic heterocycles. The van der Waals surface area contributed by atoms with E-state index in [0.717, 1.165) is 0 Å². The summed E-state index contributed by atoms with van der Waals surface area (Å²) in [5, 5.41) is 3.04. The number of carbonyl (C=O) groups is 3. The van der Waals surface area contributed by atoms with Crippen molar-refractivity contribution in [3.05, 3.63) is 125 Å². The van der Waals surface area contributed by atoms with E-state index in [0.29, 0.717) is 27.8 Å². The van der Waals surface area contributed by atoms with Crippen molar-refractivity contribution in [1.82, 2.24) is 0 Å². The lowest BCUT2D eigenvalue weighted by molar-refractivity contribution is -0.119. The molecule has 1 N–H and O–H groups in total. The molecular formula is C28H20ClNO5. The Hall–Kier alpha value is -4.42. The minimum atomic E-state index is -0.785. The summed E-state index contributed by atoms with van der Waals surface area (Å²) < 4.78 is 11.0. The van der Waals surface area contributed by atoms with Gasteiger partial charge < -0.3 is 14.8 Å². The third-order valence-corrected chi connectivity index (χ3v) is 5.18. The highest BCUT2D eigenvalue weighted by atomic mass is 35.5. The molecule has 0 heterocycles. The van der Waals surface area contributed by atoms with Gasteiger partial charge in [0.1, 0.15) is 5.75 Å². The molecule has 0 saturated heterocycles. The van der Waals surface area contributed by atoms with Crippen molar-refractivity contribution < 1.29 is 23.9 Å². The Balaban J connectivity index is 1.44. The van der Waals surface area contributed by atoms with E-state index in [1.165, 1.54) is 12.1 Å². The van der Waals surface area contributed by atoms with Crippen molar-refractivity contribution in [2.75, 3.05) is 11.9 Å². The second kappa shape index (κ2) is 11.1. The van der Waals surface area contributed by atoms with Gasteiger partial charge in [0, 0.05) is 16.1 Å². The lowest BCUT2D eigenvalue weighted by atomic mass is 9.98. The first-order valence-electron chi connectivity index (χ1n) is 10.7. The zero-order chi connectivity index (χ0) is 24.6. The Kier molecular flexibility index (Phi) is 7.55. The number of ketones is 1. The first kappa shape index (κ1) is 23.7. The minimum absolute atomic E-state index is 0.0741. The van der Waals surface area contributed by atoms with E-state index < -0.39 is 18.5 Å². The molecule has 0 atom stereocenters. The standard InChI is InChI=1S/C28H20ClNO5/c29-20-15-16-25(35-21-11-5-2-6-12-21)24(17-20)30-26(31)18-34-28(33)23-14-8-7-13-22(23)27(32)19-9-3-1-4-10-19/h1-17H,18H2,(H,30,31). The second-order valence-electron chi connectivity index (χ2n) is 7.42. The molecule has 0 aromatic heterocycles. The normalized spacial score (nSPS) is 10.3. The minimum Gasteiger partial charge on any atom is -0.455 e. The van der Waals surface area contributed by atoms with E-state index in [9.17, 15) is 14.4 Å². The zero-order valence-corrected chi connectivity index (χ0v) is 19.2. The number of anilines is 1. The van der Waals surface area contributed by atoms with Gasteiger partial charge in [0.2, 0.25) is 0 Å². The van der Waals surface area contributed by atoms with Gasteiger partial charge in [0.05, 0.1) is 11.3 Å². The van der Waals surface area contributed by atoms with Crippen LogP contribution < -0.4 is 10.1 Å². The van der Waals surface area contributed by atoms with Gasteiger partial charge in [0.25, 0.3) is 5.91 Å². The lowest BCUT2D eigenvalue weighted by Crippen LogP contribution is -2.22. The molecule has 0 saturated carbocycles. The summed E-state index contributed by atoms with van der Waals surface area (Å²) in [6, 6.07) is 28.8. The highest BCUT2D eigenvalue weighted by Crippen LogP contribution is 2.32. The quantitative estimate of drug-likeness (QED) is 0.239. The number of nitrogens with one attached hydrogen (secondary N) is 1. The molecule has 0 aliphatic rings. The lowest BCUT2D eigenvalue weighted by Gasteiger charge is -2.13. The maximum Gasteiger partial charge on any atom is 0.339 e. The van der Waals surface area contributed by atoms with Crippen LogP contribution in [0.2, 0.25) is 5.02 Å². The molecule has 0 unspecified atom stereocenters. The van der Waals surface area contributed by atoms with Gasteiger partial charge in [-0.1, -0.05) is 78.3 Å². The van der Waals surface area contributed by atoms with Crippen LogP contribution in [0.1, 0.15) is 26.3 Å². The number of carbonyl (C=O) groups excluding carboxylic acids is 3. The van der Waals surface area contributed by atoms with Crippen LogP contribution in [0.5, 0.6) is 11.5 Å². The smallest absolute Gasteiger partial charge is 0.339 e. The van der Waals surface area contributed by atoms with Gasteiger partial charge in [-0.05, 0) is 36.4 Å². The number of esters is 1. The number of amides is 1. The molecule has 4 aromatic rings. The summed E-state index contributed by atoms with van der Waals surface area (Å²) in [7, 11) is 0. The molecule has 1 amide bonds. The number of hydrogen-bond donors (Lipinski definition) is 1. The predicted octanol–water partition coefficient (Wildman–Crippen LogP) is 6.16. The third kappa shape index (κ3) is 6.13. The largest absolute Gasteiger partial charge is 0.455 e. The number of halogens is 1. The van der Waals surface area contributed by atoms with Gasteiger partial charge in [-0.25, -0.2) is 4.79 Å². The topological polar surface area (TPSA) is 81.7 Å². The number of para-hydroxylation sites is 1. The maximum absolute atomic E-state index is 12.9. The van der Waals surface area contributed by atoms with Gasteiger partial charge in [0.15, 0.2) is 18.1 Å². The molecule has 0 radical (unpaired) electrons. The van der Waals surface area contributed by atoms with E-state index in [1.807, 2.05) is 18.2 Å². The molecule has 35 heavy (non-hydrogen) atoms. The Labute approximate surface area is 207 Å². The first-order valence-corrected chi connectivity index (χ1v) is 11.1. The fourth-order valence-corrected chi connectivity index (χ4v) is 3.48. The van der Waals surface area contributed by atoms with Crippen LogP contribution in [0, 0.1) is 0 Å². The SMILES string of the molecule is O=C(COC(=O)c1ccccc1C(=O)c1ccccc1)Nc1cc(Cl)ccc1Oc1ccccc1. The van der Waals surface area contributed by atoms with E-state index in [2.05, 4.69) is 5.32 Å². The highest BCUT2D eigenvalue weighted by molar-refractivity contribution is 6.31. The zero-order valence-electron chi connectivity index (χ0n) is 18.4. The van der Waals surface area contributed by atoms with Gasteiger partial charge >= 0.3 is 5.97 Å². The van der Waals surface area contributed by atoms with E-state index in [-0.39, 0.29) is 16.9 Å². The van der Waals surface area contributed by atoms with E-state index in [1.54, 1.807) is 72.8 Å². The number of benzene rings is 4. The number of rotatable bonds is 8. The molecule has 0 fully saturated rings. The van der Waals surface area contributed by atoms with Crippen LogP contribution in [0.3, 0.4) is 0 Å². The van der Waals surface area contributed by atoms with Crippen LogP contribution in [0.4, 0.5) is 5.69 Å². The Morgan fingerprint density at radius 1 is 0.743 bits per heavy atom. The molecule has 4 aromatic carbocycles. The molecule has 6 nitrogen and oxygen atoms in total. The summed E-state index contributed by atoms with van der Waals surface area (Å²) in [6.45, 7) is -0.565. The van der Waals surface area contributed by atoms with Crippen molar-refractivity contribution in [1.29, 1.82) is 0 Å². The van der Waals surface area contributed by atoms with Gasteiger partial charge in [-0.3, -0.25) is 9.59 Å². The average molecular weight is 486 g/mol. The Morgan fingerprint density at radius 3 is 2.09 bits per heavy atom. The number of ether oxygens (including phenoxy) is 2. The first-order chi connectivity index (χ1) is 17.0. The second-order valence-corrected chi connectivity index (χ2v) is 7.86. The monoisotopic (exact) mass is 485 g/mol. The molecular weight excluding hydrogens is 466 g/mol. The van der Waals surface area contributed by atoms with Gasteiger partial charge in [-0.15, -0.1) is 0 Å². The average Bonchev–Trinajstić information content (AvgIpc) is 2.89. The van der Waals surface area contributed by atoms with Crippen molar-refractivity contribution in [3.63, 3.8) is 0 Å². The molecule has 0 bridgehead atoms. The van der Waals surface area contributed by atoms with Crippen LogP contribution in [-0.4, -0.2) is 24.3 Å². The summed E-state index contributed by atoms with van der Waals surface area (Å²) in [5.41, 5.74) is 1.03. The maximum atomic E-state index is 12.9. The fourth-order valence-electron chi connectivity index (χ4n) is 3.30. The van der Waals surface area contributed by atoms with Crippen molar-refractivity contribution in [3.8, 4) is 11.5 Å². The molecule has 7 heteroatoms. The van der Waals surface area contributed by atoms with Crippen molar-refractivity contribution in [2.45, 2.75) is 0 Å². The fraction of sp³-hybridized carbons (Fsp3) is 0.0357. The van der Waals surface area contributed by atoms with Crippen LogP contribution in [0.25, 0.3) is 0 Å². The van der Waals surface area contributed by atoms with Gasteiger partial charge in [-0.2, -0.15) is 0 Å². The highest BCUT2D eigenvalue weighted by Gasteiger charge is 2.20. The third-order valence-electron chi connectivity index (χ3n) is 4.95. The summed E-state index contributed by atoms with van der Waals surface area (Å²) in [5.74, 6) is -0.739. The predicted molar refractivity (Wildman–Crippen MR) is 133 cm³/mol. The molecule has 4 rings (SSSR count). The molecule has 174 valence electrons. The Bertz CT molecular complexity index is 1360.